The summed E-state index contributed by atoms with van der Waals surface area (Å²) in [6, 6.07) is 3.24. The van der Waals surface area contributed by atoms with Crippen molar-refractivity contribution in [3.05, 3.63) is 36.2 Å². The summed E-state index contributed by atoms with van der Waals surface area (Å²) in [7, 11) is 1.65. The van der Waals surface area contributed by atoms with E-state index < -0.39 is 0 Å². The molecule has 2 atom stereocenters. The molecule has 3 rings (SSSR count). The molecular formula is C16H21N5O3. The molecule has 1 N–H and O–H groups in total. The standard InChI is InChI=1S/C16H21N5O3/c1-10(2)24-11-4-5-13(17-7-11)16(22)21-8-12(23-3)6-14(21)15-18-9-19-20-15/h4-5,7,9-10,12,14H,6,8H2,1-3H3,(H,18,19,20)/t12-,14+/m1/s1. The van der Waals surface area contributed by atoms with Gasteiger partial charge in [-0.3, -0.25) is 9.89 Å². The summed E-state index contributed by atoms with van der Waals surface area (Å²) in [6.07, 6.45) is 3.71. The molecule has 0 saturated carbocycles. The molecule has 2 aromatic heterocycles. The Bertz CT molecular complexity index is 672. The van der Waals surface area contributed by atoms with E-state index in [0.29, 0.717) is 30.2 Å². The summed E-state index contributed by atoms with van der Waals surface area (Å²) in [5.41, 5.74) is 0.368. The maximum Gasteiger partial charge on any atom is 0.273 e. The lowest BCUT2D eigenvalue weighted by Crippen LogP contribution is -2.33. The van der Waals surface area contributed by atoms with E-state index in [1.54, 1.807) is 30.3 Å². The second kappa shape index (κ2) is 6.96. The lowest BCUT2D eigenvalue weighted by Gasteiger charge is -2.22. The number of likely N-dealkylation sites (tertiary alicyclic amines) is 1. The van der Waals surface area contributed by atoms with Crippen LogP contribution in [0.4, 0.5) is 0 Å². The molecule has 0 aromatic carbocycles. The van der Waals surface area contributed by atoms with Crippen LogP contribution in [0.2, 0.25) is 0 Å². The predicted octanol–water partition coefficient (Wildman–Crippen LogP) is 1.59. The number of amides is 1. The summed E-state index contributed by atoms with van der Waals surface area (Å²) in [5, 5.41) is 6.72. The number of aromatic nitrogens is 4. The van der Waals surface area contributed by atoms with Gasteiger partial charge in [0.1, 0.15) is 23.6 Å². The minimum Gasteiger partial charge on any atom is -0.489 e. The van der Waals surface area contributed by atoms with Crippen LogP contribution in [0.3, 0.4) is 0 Å². The van der Waals surface area contributed by atoms with Gasteiger partial charge in [0, 0.05) is 20.1 Å². The lowest BCUT2D eigenvalue weighted by atomic mass is 10.2. The van der Waals surface area contributed by atoms with Crippen LogP contribution in [0.25, 0.3) is 0 Å². The van der Waals surface area contributed by atoms with Gasteiger partial charge in [-0.15, -0.1) is 0 Å². The maximum absolute atomic E-state index is 12.9. The van der Waals surface area contributed by atoms with Crippen molar-refractivity contribution in [1.29, 1.82) is 0 Å². The van der Waals surface area contributed by atoms with Crippen molar-refractivity contribution in [3.63, 3.8) is 0 Å². The molecule has 1 amide bonds. The Balaban J connectivity index is 1.79. The number of carbonyl (C=O) groups excluding carboxylic acids is 1. The summed E-state index contributed by atoms with van der Waals surface area (Å²) >= 11 is 0. The van der Waals surface area contributed by atoms with Gasteiger partial charge in [0.2, 0.25) is 0 Å². The molecule has 0 aliphatic carbocycles. The number of nitrogens with zero attached hydrogens (tertiary/aromatic N) is 4. The van der Waals surface area contributed by atoms with Gasteiger partial charge in [0.05, 0.1) is 24.4 Å². The van der Waals surface area contributed by atoms with Crippen LogP contribution in [0.1, 0.15) is 42.6 Å². The number of aromatic amines is 1. The number of methoxy groups -OCH3 is 1. The van der Waals surface area contributed by atoms with Crippen molar-refractivity contribution in [2.24, 2.45) is 0 Å². The van der Waals surface area contributed by atoms with E-state index in [4.69, 9.17) is 9.47 Å². The lowest BCUT2D eigenvalue weighted by molar-refractivity contribution is 0.0678. The third-order valence-corrected chi connectivity index (χ3v) is 3.93. The second-order valence-electron chi connectivity index (χ2n) is 5.98. The van der Waals surface area contributed by atoms with Crippen molar-refractivity contribution in [2.75, 3.05) is 13.7 Å². The van der Waals surface area contributed by atoms with Gasteiger partial charge in [-0.25, -0.2) is 9.97 Å². The SMILES string of the molecule is CO[C@@H]1C[C@@H](c2ncn[nH]2)N(C(=O)c2ccc(OC(C)C)cn2)C1. The number of nitrogens with one attached hydrogen (secondary N) is 1. The molecule has 8 heteroatoms. The first-order valence-electron chi connectivity index (χ1n) is 7.90. The number of rotatable bonds is 5. The van der Waals surface area contributed by atoms with E-state index in [0.717, 1.165) is 0 Å². The first-order chi connectivity index (χ1) is 11.6. The maximum atomic E-state index is 12.9. The van der Waals surface area contributed by atoms with Crippen molar-refractivity contribution >= 4 is 5.91 Å². The molecule has 2 aromatic rings. The van der Waals surface area contributed by atoms with E-state index in [-0.39, 0.29) is 24.2 Å². The molecule has 0 radical (unpaired) electrons. The highest BCUT2D eigenvalue weighted by molar-refractivity contribution is 5.92. The average molecular weight is 331 g/mol. The molecule has 3 heterocycles. The highest BCUT2D eigenvalue weighted by atomic mass is 16.5. The van der Waals surface area contributed by atoms with Crippen LogP contribution in [-0.4, -0.2) is 56.8 Å². The van der Waals surface area contributed by atoms with Crippen molar-refractivity contribution in [2.45, 2.75) is 38.5 Å². The number of hydrogen-bond acceptors (Lipinski definition) is 6. The van der Waals surface area contributed by atoms with Gasteiger partial charge in [0.15, 0.2) is 0 Å². The number of carbonyl (C=O) groups is 1. The summed E-state index contributed by atoms with van der Waals surface area (Å²) < 4.78 is 11.0. The van der Waals surface area contributed by atoms with Crippen molar-refractivity contribution in [3.8, 4) is 5.75 Å². The zero-order valence-corrected chi connectivity index (χ0v) is 14.0. The van der Waals surface area contributed by atoms with Gasteiger partial charge < -0.3 is 14.4 Å². The molecule has 0 bridgehead atoms. The normalized spacial score (nSPS) is 20.6. The fourth-order valence-electron chi connectivity index (χ4n) is 2.82. The van der Waals surface area contributed by atoms with Gasteiger partial charge in [0.25, 0.3) is 5.91 Å². The molecule has 24 heavy (non-hydrogen) atoms. The topological polar surface area (TPSA) is 93.2 Å². The molecule has 128 valence electrons. The van der Waals surface area contributed by atoms with Crippen LogP contribution in [0.5, 0.6) is 5.75 Å². The number of ether oxygens (including phenoxy) is 2. The second-order valence-corrected chi connectivity index (χ2v) is 5.98. The number of hydrogen-bond donors (Lipinski definition) is 1. The van der Waals surface area contributed by atoms with Crippen LogP contribution in [0, 0.1) is 0 Å². The molecule has 1 aliphatic rings. The van der Waals surface area contributed by atoms with Crippen LogP contribution >= 0.6 is 0 Å². The first-order valence-corrected chi connectivity index (χ1v) is 7.90. The number of pyridine rings is 1. The van der Waals surface area contributed by atoms with E-state index >= 15 is 0 Å². The molecule has 1 saturated heterocycles. The van der Waals surface area contributed by atoms with Crippen molar-refractivity contribution in [1.82, 2.24) is 25.1 Å². The highest BCUT2D eigenvalue weighted by Crippen LogP contribution is 2.32. The Morgan fingerprint density at radius 2 is 2.21 bits per heavy atom. The minimum atomic E-state index is -0.196. The monoisotopic (exact) mass is 331 g/mol. The Morgan fingerprint density at radius 1 is 1.38 bits per heavy atom. The summed E-state index contributed by atoms with van der Waals surface area (Å²) in [5.74, 6) is 1.14. The Labute approximate surface area is 140 Å². The van der Waals surface area contributed by atoms with Gasteiger partial charge in [-0.05, 0) is 26.0 Å². The Morgan fingerprint density at radius 3 is 2.79 bits per heavy atom. The zero-order valence-electron chi connectivity index (χ0n) is 14.0. The third-order valence-electron chi connectivity index (χ3n) is 3.93. The molecule has 8 nitrogen and oxygen atoms in total. The molecule has 1 aliphatic heterocycles. The predicted molar refractivity (Wildman–Crippen MR) is 85.6 cm³/mol. The van der Waals surface area contributed by atoms with Crippen LogP contribution in [-0.2, 0) is 4.74 Å². The molecular weight excluding hydrogens is 310 g/mol. The average Bonchev–Trinajstić information content (AvgIpc) is 3.23. The largest absolute Gasteiger partial charge is 0.489 e. The Hall–Kier alpha value is -2.48. The fourth-order valence-corrected chi connectivity index (χ4v) is 2.82. The van der Waals surface area contributed by atoms with Gasteiger partial charge in [-0.1, -0.05) is 0 Å². The Kier molecular flexibility index (Phi) is 4.75. The van der Waals surface area contributed by atoms with E-state index in [2.05, 4.69) is 20.2 Å². The van der Waals surface area contributed by atoms with Crippen LogP contribution in [0.15, 0.2) is 24.7 Å². The summed E-state index contributed by atoms with van der Waals surface area (Å²) in [4.78, 5) is 23.0. The zero-order chi connectivity index (χ0) is 17.1. The molecule has 1 fully saturated rings. The summed E-state index contributed by atoms with van der Waals surface area (Å²) in [6.45, 7) is 4.37. The van der Waals surface area contributed by atoms with Gasteiger partial charge in [-0.2, -0.15) is 5.10 Å². The van der Waals surface area contributed by atoms with E-state index in [9.17, 15) is 4.79 Å². The van der Waals surface area contributed by atoms with E-state index in [1.165, 1.54) is 6.33 Å². The van der Waals surface area contributed by atoms with E-state index in [1.807, 2.05) is 13.8 Å². The molecule has 0 spiro atoms. The molecule has 0 unspecified atom stereocenters. The quantitative estimate of drug-likeness (QED) is 0.894. The number of H-pyrrole nitrogens is 1. The minimum absolute atomic E-state index is 0.0346. The van der Waals surface area contributed by atoms with Gasteiger partial charge >= 0.3 is 0 Å². The van der Waals surface area contributed by atoms with Crippen molar-refractivity contribution < 1.29 is 14.3 Å². The highest BCUT2D eigenvalue weighted by Gasteiger charge is 2.38. The first kappa shape index (κ1) is 16.4. The third kappa shape index (κ3) is 3.38. The van der Waals surface area contributed by atoms with Crippen LogP contribution < -0.4 is 4.74 Å². The smallest absolute Gasteiger partial charge is 0.273 e. The fraction of sp³-hybridized carbons (Fsp3) is 0.500.